The second kappa shape index (κ2) is 11.1. The van der Waals surface area contributed by atoms with Crippen LogP contribution >= 0.6 is 0 Å². The largest absolute Gasteiger partial charge is 0.459 e. The predicted molar refractivity (Wildman–Crippen MR) is 114 cm³/mol. The first-order valence-electron chi connectivity index (χ1n) is 9.98. The molecule has 1 aromatic carbocycles. The molecule has 0 fully saturated rings. The number of ketones is 1. The van der Waals surface area contributed by atoms with E-state index in [-0.39, 0.29) is 12.8 Å². The zero-order valence-corrected chi connectivity index (χ0v) is 18.3. The van der Waals surface area contributed by atoms with Crippen molar-refractivity contribution in [3.05, 3.63) is 52.4 Å². The molecule has 2 rings (SSSR count). The molecule has 1 heterocycles. The highest BCUT2D eigenvalue weighted by Crippen LogP contribution is 2.22. The van der Waals surface area contributed by atoms with Gasteiger partial charge in [0.2, 0.25) is 0 Å². The minimum Gasteiger partial charge on any atom is -0.459 e. The molecular formula is C24H33FO4. The molecule has 0 bridgehead atoms. The number of hydrogen-bond donors (Lipinski definition) is 1. The van der Waals surface area contributed by atoms with E-state index in [4.69, 9.17) is 9.84 Å². The maximum absolute atomic E-state index is 13.7. The molecule has 4 nitrogen and oxygen atoms in total. The second-order valence-corrected chi connectivity index (χ2v) is 8.44. The average molecular weight is 405 g/mol. The first-order chi connectivity index (χ1) is 13.4. The molecule has 0 saturated heterocycles. The summed E-state index contributed by atoms with van der Waals surface area (Å²) in [6.07, 6.45) is 6.09. The Kier molecular flexibility index (Phi) is 9.44. The number of fused-ring (bicyclic) bond motifs is 1. The summed E-state index contributed by atoms with van der Waals surface area (Å²) in [4.78, 5) is 24.2. The van der Waals surface area contributed by atoms with Crippen molar-refractivity contribution in [3.8, 4) is 0 Å². The number of cyclic esters (lactones) is 1. The summed E-state index contributed by atoms with van der Waals surface area (Å²) in [5, 5.41) is 8.52. The number of halogens is 1. The molecule has 0 aromatic heterocycles. The maximum atomic E-state index is 13.7. The number of carbonyl (C=O) groups excluding carboxylic acids is 2. The normalized spacial score (nSPS) is 21.5. The van der Waals surface area contributed by atoms with Gasteiger partial charge in [-0.05, 0) is 71.6 Å². The van der Waals surface area contributed by atoms with Crippen LogP contribution in [0.2, 0.25) is 0 Å². The van der Waals surface area contributed by atoms with E-state index in [0.717, 1.165) is 16.7 Å². The van der Waals surface area contributed by atoms with Crippen LogP contribution in [0.4, 0.5) is 4.39 Å². The van der Waals surface area contributed by atoms with Crippen LogP contribution in [0.5, 0.6) is 0 Å². The third kappa shape index (κ3) is 9.66. The van der Waals surface area contributed by atoms with Crippen molar-refractivity contribution >= 4 is 17.8 Å². The Hall–Kier alpha value is -2.27. The number of ether oxygens (including phenoxy) is 1. The average Bonchev–Trinajstić information content (AvgIpc) is 2.56. The van der Waals surface area contributed by atoms with E-state index in [9.17, 15) is 14.0 Å². The Morgan fingerprint density at radius 1 is 1.17 bits per heavy atom. The Morgan fingerprint density at radius 3 is 2.41 bits per heavy atom. The zero-order chi connectivity index (χ0) is 22.2. The van der Waals surface area contributed by atoms with Gasteiger partial charge in [-0.2, -0.15) is 0 Å². The molecule has 1 N–H and O–H groups in total. The van der Waals surface area contributed by atoms with Crippen molar-refractivity contribution in [2.45, 2.75) is 78.9 Å². The monoisotopic (exact) mass is 404 g/mol. The lowest BCUT2D eigenvalue weighted by molar-refractivity contribution is -0.117. The number of hydrogen-bond acceptors (Lipinski definition) is 4. The third-order valence-electron chi connectivity index (χ3n) is 3.99. The van der Waals surface area contributed by atoms with Gasteiger partial charge in [0, 0.05) is 12.8 Å². The topological polar surface area (TPSA) is 63.6 Å². The number of rotatable bonds is 0. The van der Waals surface area contributed by atoms with Crippen LogP contribution in [-0.2, 0) is 9.53 Å². The number of Topliss-reactive ketones (excluding diaryl/α,β-unsaturated/α-hetero) is 1. The van der Waals surface area contributed by atoms with Gasteiger partial charge in [0.1, 0.15) is 6.10 Å². The van der Waals surface area contributed by atoms with E-state index >= 15 is 0 Å². The fourth-order valence-electron chi connectivity index (χ4n) is 2.79. The van der Waals surface area contributed by atoms with Gasteiger partial charge < -0.3 is 9.84 Å². The quantitative estimate of drug-likeness (QED) is 0.569. The van der Waals surface area contributed by atoms with Gasteiger partial charge >= 0.3 is 5.97 Å². The molecule has 29 heavy (non-hydrogen) atoms. The molecular weight excluding hydrogens is 371 g/mol. The summed E-state index contributed by atoms with van der Waals surface area (Å²) in [5.41, 5.74) is 2.78. The smallest absolute Gasteiger partial charge is 0.339 e. The van der Waals surface area contributed by atoms with Crippen molar-refractivity contribution in [1.82, 2.24) is 0 Å². The molecule has 5 heteroatoms. The van der Waals surface area contributed by atoms with Gasteiger partial charge in [0.25, 0.3) is 0 Å². The van der Waals surface area contributed by atoms with Crippen molar-refractivity contribution in [2.24, 2.45) is 0 Å². The van der Waals surface area contributed by atoms with E-state index in [1.54, 1.807) is 27.7 Å². The van der Waals surface area contributed by atoms with Crippen LogP contribution < -0.4 is 0 Å². The summed E-state index contributed by atoms with van der Waals surface area (Å²) >= 11 is 0. The summed E-state index contributed by atoms with van der Waals surface area (Å²) in [7, 11) is 0. The molecule has 1 aliphatic rings. The third-order valence-corrected chi connectivity index (χ3v) is 3.99. The highest BCUT2D eigenvalue weighted by molar-refractivity contribution is 5.95. The summed E-state index contributed by atoms with van der Waals surface area (Å²) in [6, 6.07) is 3.89. The Bertz CT molecular complexity index is 779. The molecule has 0 amide bonds. The van der Waals surface area contributed by atoms with Crippen LogP contribution in [-0.4, -0.2) is 28.6 Å². The first kappa shape index (κ1) is 24.8. The summed E-state index contributed by atoms with van der Waals surface area (Å²) < 4.78 is 19.1. The van der Waals surface area contributed by atoms with Crippen LogP contribution in [0.3, 0.4) is 0 Å². The molecule has 1 aliphatic heterocycles. The Labute approximate surface area is 173 Å². The molecule has 0 unspecified atom stereocenters. The van der Waals surface area contributed by atoms with E-state index in [1.165, 1.54) is 6.08 Å². The fourth-order valence-corrected chi connectivity index (χ4v) is 2.79. The van der Waals surface area contributed by atoms with Gasteiger partial charge in [0.15, 0.2) is 11.6 Å². The summed E-state index contributed by atoms with van der Waals surface area (Å²) in [6.45, 7) is 10.8. The van der Waals surface area contributed by atoms with Crippen molar-refractivity contribution in [2.75, 3.05) is 0 Å². The lowest BCUT2D eigenvalue weighted by Crippen LogP contribution is -2.17. The zero-order valence-electron chi connectivity index (χ0n) is 18.3. The number of benzene rings is 1. The Morgan fingerprint density at radius 2 is 1.79 bits per heavy atom. The number of carbonyl (C=O) groups is 2. The minimum atomic E-state index is -0.744. The van der Waals surface area contributed by atoms with Crippen LogP contribution in [0.25, 0.3) is 6.08 Å². The second-order valence-electron chi connectivity index (χ2n) is 8.44. The van der Waals surface area contributed by atoms with Crippen LogP contribution in [0, 0.1) is 13.8 Å². The first-order valence-corrected chi connectivity index (χ1v) is 9.98. The van der Waals surface area contributed by atoms with E-state index in [1.807, 2.05) is 38.1 Å². The molecule has 0 spiro atoms. The highest BCUT2D eigenvalue weighted by atomic mass is 19.1. The minimum absolute atomic E-state index is 0.180. The van der Waals surface area contributed by atoms with Gasteiger partial charge in [-0.3, -0.25) is 4.79 Å². The molecule has 160 valence electrons. The van der Waals surface area contributed by atoms with E-state index < -0.39 is 29.3 Å². The maximum Gasteiger partial charge on any atom is 0.339 e. The number of esters is 1. The van der Waals surface area contributed by atoms with E-state index in [2.05, 4.69) is 0 Å². The van der Waals surface area contributed by atoms with Crippen molar-refractivity contribution in [3.63, 3.8) is 0 Å². The number of aliphatic hydroxyl groups is 1. The SMILES string of the molecule is CC(C)(C)O.Cc1cc(C)c2c(c1)/C=C/CCCC(=O)/C(F)=C\C[C@H](C)OC2=O. The molecule has 1 aromatic rings. The predicted octanol–water partition coefficient (Wildman–Crippen LogP) is 5.64. The highest BCUT2D eigenvalue weighted by Gasteiger charge is 2.18. The summed E-state index contributed by atoms with van der Waals surface area (Å²) in [5.74, 6) is -1.66. The van der Waals surface area contributed by atoms with Crippen molar-refractivity contribution in [1.29, 1.82) is 0 Å². The lowest BCUT2D eigenvalue weighted by atomic mass is 9.98. The van der Waals surface area contributed by atoms with Gasteiger partial charge in [-0.25, -0.2) is 9.18 Å². The van der Waals surface area contributed by atoms with Gasteiger partial charge in [-0.15, -0.1) is 0 Å². The molecule has 0 radical (unpaired) electrons. The molecule has 1 atom stereocenters. The fraction of sp³-hybridized carbons (Fsp3) is 0.500. The number of allylic oxidation sites excluding steroid dienone is 2. The van der Waals surface area contributed by atoms with Gasteiger partial charge in [0.05, 0.1) is 11.2 Å². The number of aryl methyl sites for hydroxylation is 2. The molecule has 0 saturated carbocycles. The van der Waals surface area contributed by atoms with E-state index in [0.29, 0.717) is 18.4 Å². The van der Waals surface area contributed by atoms with Crippen molar-refractivity contribution < 1.29 is 23.8 Å². The van der Waals surface area contributed by atoms with Crippen LogP contribution in [0.1, 0.15) is 80.4 Å². The standard InChI is InChI=1S/C20H23FO3.C4H10O/c1-13-11-14(2)19-16(12-13)7-5-4-6-8-18(22)17(21)10-9-15(3)24-20(19)23;1-4(2,3)5/h5,7,10-12,15H,4,6,8-9H2,1-3H3;5H,1-3H3/b7-5+,17-10+;/t15-;/m0./s1. The molecule has 0 aliphatic carbocycles. The van der Waals surface area contributed by atoms with Gasteiger partial charge in [-0.1, -0.05) is 29.8 Å². The lowest BCUT2D eigenvalue weighted by Gasteiger charge is -2.15. The Balaban J connectivity index is 0.000000749. The van der Waals surface area contributed by atoms with Crippen LogP contribution in [0.15, 0.2) is 30.1 Å².